The number of nitrogens with zero attached hydrogens (tertiary/aromatic N) is 1. The smallest absolute Gasteiger partial charge is 0.200 e. The van der Waals surface area contributed by atoms with E-state index in [2.05, 4.69) is 9.97 Å². The minimum atomic E-state index is 0.108. The first-order valence-corrected chi connectivity index (χ1v) is 5.47. The number of anilines is 2. The lowest BCUT2D eigenvalue weighted by atomic mass is 9.96. The van der Waals surface area contributed by atoms with E-state index in [9.17, 15) is 0 Å². The normalized spacial score (nSPS) is 23.8. The Morgan fingerprint density at radius 2 is 2.25 bits per heavy atom. The Labute approximate surface area is 98.2 Å². The van der Waals surface area contributed by atoms with Gasteiger partial charge in [-0.25, -0.2) is 4.98 Å². The second kappa shape index (κ2) is 4.23. The monoisotopic (exact) mass is 238 g/mol. The highest BCUT2D eigenvalue weighted by Crippen LogP contribution is 2.36. The van der Waals surface area contributed by atoms with E-state index in [-0.39, 0.29) is 18.4 Å². The van der Waals surface area contributed by atoms with Crippen molar-refractivity contribution in [2.24, 2.45) is 5.92 Å². The minimum Gasteiger partial charge on any atom is -0.396 e. The molecule has 0 bridgehead atoms. The van der Waals surface area contributed by atoms with Gasteiger partial charge in [-0.15, -0.1) is 0 Å². The van der Waals surface area contributed by atoms with Gasteiger partial charge < -0.3 is 21.6 Å². The summed E-state index contributed by atoms with van der Waals surface area (Å²) < 4.78 is 0.291. The number of hydrogen-bond acceptors (Lipinski definition) is 5. The van der Waals surface area contributed by atoms with Crippen LogP contribution in [0.25, 0.3) is 0 Å². The number of aliphatic hydroxyl groups excluding tert-OH is 1. The van der Waals surface area contributed by atoms with Gasteiger partial charge in [-0.3, -0.25) is 0 Å². The standard InChI is InChI=1S/C10H14N4OS/c11-8-7(9(12)14-10(16)13-8)6-2-1-5(3-6)4-15/h1-2,5-6,15H,3-4H2,(H5,11,12,13,14,16)/t5-,6+/m1/s1. The molecule has 2 atom stereocenters. The van der Waals surface area contributed by atoms with E-state index >= 15 is 0 Å². The quantitative estimate of drug-likeness (QED) is 0.454. The molecule has 5 nitrogen and oxygen atoms in total. The van der Waals surface area contributed by atoms with Crippen LogP contribution in [0, 0.1) is 10.7 Å². The summed E-state index contributed by atoms with van der Waals surface area (Å²) in [5, 5.41) is 9.06. The van der Waals surface area contributed by atoms with Gasteiger partial charge in [0.15, 0.2) is 4.77 Å². The third-order valence-electron chi connectivity index (χ3n) is 2.81. The van der Waals surface area contributed by atoms with E-state index in [1.54, 1.807) is 0 Å². The fourth-order valence-electron chi connectivity index (χ4n) is 2.03. The van der Waals surface area contributed by atoms with Crippen LogP contribution in [0.4, 0.5) is 11.6 Å². The molecule has 1 heterocycles. The van der Waals surface area contributed by atoms with Gasteiger partial charge in [0.25, 0.3) is 0 Å². The van der Waals surface area contributed by atoms with Crippen molar-refractivity contribution in [1.29, 1.82) is 0 Å². The molecule has 0 saturated heterocycles. The topological polar surface area (TPSA) is 101 Å². The van der Waals surface area contributed by atoms with Crippen LogP contribution >= 0.6 is 12.2 Å². The largest absolute Gasteiger partial charge is 0.396 e. The van der Waals surface area contributed by atoms with Crippen LogP contribution in [-0.4, -0.2) is 21.7 Å². The molecule has 0 unspecified atom stereocenters. The average molecular weight is 238 g/mol. The molecule has 0 fully saturated rings. The third kappa shape index (κ3) is 1.94. The number of aromatic nitrogens is 2. The van der Waals surface area contributed by atoms with Crippen molar-refractivity contribution in [2.45, 2.75) is 12.3 Å². The lowest BCUT2D eigenvalue weighted by Crippen LogP contribution is -2.10. The first kappa shape index (κ1) is 11.1. The number of hydrogen-bond donors (Lipinski definition) is 4. The molecule has 1 aromatic heterocycles. The number of nitrogen functional groups attached to an aromatic ring is 2. The minimum absolute atomic E-state index is 0.108. The van der Waals surface area contributed by atoms with E-state index in [4.69, 9.17) is 28.8 Å². The van der Waals surface area contributed by atoms with E-state index in [1.807, 2.05) is 12.2 Å². The van der Waals surface area contributed by atoms with Crippen LogP contribution in [0.2, 0.25) is 0 Å². The second-order valence-electron chi connectivity index (χ2n) is 3.92. The van der Waals surface area contributed by atoms with Gasteiger partial charge in [0.2, 0.25) is 0 Å². The van der Waals surface area contributed by atoms with Crippen molar-refractivity contribution >= 4 is 23.9 Å². The van der Waals surface area contributed by atoms with Gasteiger partial charge in [-0.2, -0.15) is 0 Å². The molecule has 0 amide bonds. The Morgan fingerprint density at radius 3 is 2.81 bits per heavy atom. The first-order chi connectivity index (χ1) is 7.61. The van der Waals surface area contributed by atoms with Crippen LogP contribution in [0.5, 0.6) is 0 Å². The Morgan fingerprint density at radius 1 is 1.50 bits per heavy atom. The van der Waals surface area contributed by atoms with Crippen LogP contribution in [0.15, 0.2) is 12.2 Å². The Hall–Kier alpha value is -1.40. The van der Waals surface area contributed by atoms with E-state index in [0.717, 1.165) is 12.0 Å². The summed E-state index contributed by atoms with van der Waals surface area (Å²) in [6, 6.07) is 0. The molecule has 2 rings (SSSR count). The molecule has 6 N–H and O–H groups in total. The lowest BCUT2D eigenvalue weighted by Gasteiger charge is -2.14. The summed E-state index contributed by atoms with van der Waals surface area (Å²) in [6.45, 7) is 0.142. The van der Waals surface area contributed by atoms with E-state index < -0.39 is 0 Å². The van der Waals surface area contributed by atoms with Crippen LogP contribution < -0.4 is 11.5 Å². The average Bonchev–Trinajstić information content (AvgIpc) is 2.64. The maximum Gasteiger partial charge on any atom is 0.200 e. The molecule has 1 aliphatic rings. The van der Waals surface area contributed by atoms with Gasteiger partial charge >= 0.3 is 0 Å². The van der Waals surface area contributed by atoms with Crippen molar-refractivity contribution < 1.29 is 5.11 Å². The maximum atomic E-state index is 9.06. The molecule has 0 aromatic carbocycles. The van der Waals surface area contributed by atoms with Crippen molar-refractivity contribution in [3.63, 3.8) is 0 Å². The molecular weight excluding hydrogens is 224 g/mol. The summed E-state index contributed by atoms with van der Waals surface area (Å²) in [7, 11) is 0. The van der Waals surface area contributed by atoms with Crippen molar-refractivity contribution in [1.82, 2.24) is 9.97 Å². The molecule has 16 heavy (non-hydrogen) atoms. The predicted octanol–water partition coefficient (Wildman–Crippen LogP) is 0.956. The summed E-state index contributed by atoms with van der Waals surface area (Å²) in [5.74, 6) is 1.11. The molecule has 6 heteroatoms. The summed E-state index contributed by atoms with van der Waals surface area (Å²) >= 11 is 4.88. The molecular formula is C10H14N4OS. The molecule has 0 saturated carbocycles. The number of allylic oxidation sites excluding steroid dienone is 1. The molecule has 1 aliphatic carbocycles. The highest BCUT2D eigenvalue weighted by Gasteiger charge is 2.24. The molecule has 0 spiro atoms. The fourth-order valence-corrected chi connectivity index (χ4v) is 2.24. The maximum absolute atomic E-state index is 9.06. The van der Waals surface area contributed by atoms with E-state index in [0.29, 0.717) is 16.4 Å². The molecule has 1 aromatic rings. The number of rotatable bonds is 2. The van der Waals surface area contributed by atoms with Gasteiger partial charge in [0.1, 0.15) is 11.6 Å². The van der Waals surface area contributed by atoms with Crippen molar-refractivity contribution in [2.75, 3.05) is 18.1 Å². The Bertz CT molecular complexity index is 456. The molecule has 86 valence electrons. The Balaban J connectivity index is 2.36. The van der Waals surface area contributed by atoms with Crippen LogP contribution in [-0.2, 0) is 0 Å². The van der Waals surface area contributed by atoms with Gasteiger partial charge in [0.05, 0.1) is 0 Å². The van der Waals surface area contributed by atoms with Gasteiger partial charge in [0, 0.05) is 24.0 Å². The third-order valence-corrected chi connectivity index (χ3v) is 3.00. The number of H-pyrrole nitrogens is 1. The number of aromatic amines is 1. The van der Waals surface area contributed by atoms with E-state index in [1.165, 1.54) is 0 Å². The Kier molecular flexibility index (Phi) is 2.93. The molecule has 0 aliphatic heterocycles. The number of nitrogens with one attached hydrogen (secondary N) is 1. The summed E-state index contributed by atoms with van der Waals surface area (Å²) in [6.07, 6.45) is 4.78. The highest BCUT2D eigenvalue weighted by molar-refractivity contribution is 7.71. The summed E-state index contributed by atoms with van der Waals surface area (Å²) in [4.78, 5) is 6.78. The van der Waals surface area contributed by atoms with Crippen LogP contribution in [0.3, 0.4) is 0 Å². The predicted molar refractivity (Wildman–Crippen MR) is 65.3 cm³/mol. The zero-order valence-corrected chi connectivity index (χ0v) is 9.50. The lowest BCUT2D eigenvalue weighted by molar-refractivity contribution is 0.249. The fraction of sp³-hybridized carbons (Fsp3) is 0.400. The number of aliphatic hydroxyl groups is 1. The SMILES string of the molecule is Nc1nc(=S)[nH]c(N)c1[C@H]1C=C[C@@H](CO)C1. The van der Waals surface area contributed by atoms with Gasteiger partial charge in [-0.1, -0.05) is 12.2 Å². The zero-order chi connectivity index (χ0) is 11.7. The van der Waals surface area contributed by atoms with Crippen molar-refractivity contribution in [3.05, 3.63) is 22.5 Å². The van der Waals surface area contributed by atoms with Crippen molar-refractivity contribution in [3.8, 4) is 0 Å². The second-order valence-corrected chi connectivity index (χ2v) is 4.31. The highest BCUT2D eigenvalue weighted by atomic mass is 32.1. The number of nitrogens with two attached hydrogens (primary N) is 2. The molecule has 0 radical (unpaired) electrons. The summed E-state index contributed by atoms with van der Waals surface area (Å²) in [5.41, 5.74) is 12.4. The van der Waals surface area contributed by atoms with Crippen LogP contribution in [0.1, 0.15) is 17.9 Å². The van der Waals surface area contributed by atoms with Gasteiger partial charge in [-0.05, 0) is 18.6 Å². The first-order valence-electron chi connectivity index (χ1n) is 5.06. The zero-order valence-electron chi connectivity index (χ0n) is 8.68.